The number of likely N-dealkylation sites (N-methyl/N-ethyl adjacent to an activating group) is 2. The third-order valence-corrected chi connectivity index (χ3v) is 4.29. The fourth-order valence-corrected chi connectivity index (χ4v) is 2.85. The summed E-state index contributed by atoms with van der Waals surface area (Å²) in [5.41, 5.74) is 0.136. The van der Waals surface area contributed by atoms with Gasteiger partial charge in [0.1, 0.15) is 0 Å². The second-order valence-corrected chi connectivity index (χ2v) is 7.04. The van der Waals surface area contributed by atoms with E-state index in [2.05, 4.69) is 49.6 Å². The molecule has 0 bridgehead atoms. The molecule has 19 heavy (non-hydrogen) atoms. The Labute approximate surface area is 119 Å². The van der Waals surface area contributed by atoms with Crippen molar-refractivity contribution in [2.24, 2.45) is 5.41 Å². The molecule has 0 aliphatic carbocycles. The molecule has 0 aromatic heterocycles. The first-order valence-electron chi connectivity index (χ1n) is 7.56. The van der Waals surface area contributed by atoms with Gasteiger partial charge in [-0.2, -0.15) is 0 Å². The van der Waals surface area contributed by atoms with E-state index >= 15 is 0 Å². The molecule has 0 aromatic carbocycles. The topological polar surface area (TPSA) is 30.0 Å². The molecule has 0 saturated carbocycles. The Balaban J connectivity index is 2.24. The largest absolute Gasteiger partial charge is 0.395 e. The fourth-order valence-electron chi connectivity index (χ4n) is 2.85. The summed E-state index contributed by atoms with van der Waals surface area (Å²) in [6.07, 6.45) is 1.19. The zero-order valence-corrected chi connectivity index (χ0v) is 13.5. The molecular weight excluding hydrogens is 238 g/mol. The van der Waals surface area contributed by atoms with Gasteiger partial charge in [-0.15, -0.1) is 0 Å². The van der Waals surface area contributed by atoms with E-state index in [0.29, 0.717) is 0 Å². The normalized spacial score (nSPS) is 21.0. The van der Waals surface area contributed by atoms with Crippen LogP contribution in [-0.2, 0) is 0 Å². The fraction of sp³-hybridized carbons (Fsp3) is 1.00. The molecule has 0 amide bonds. The lowest BCUT2D eigenvalue weighted by molar-refractivity contribution is 0.0616. The van der Waals surface area contributed by atoms with Crippen LogP contribution in [-0.4, -0.2) is 85.8 Å². The Kier molecular flexibility index (Phi) is 6.74. The Hall–Kier alpha value is -0.160. The second kappa shape index (κ2) is 7.58. The first-order chi connectivity index (χ1) is 8.84. The van der Waals surface area contributed by atoms with E-state index in [0.717, 1.165) is 6.54 Å². The summed E-state index contributed by atoms with van der Waals surface area (Å²) in [4.78, 5) is 7.26. The highest BCUT2D eigenvalue weighted by Gasteiger charge is 2.27. The lowest BCUT2D eigenvalue weighted by atomic mass is 9.86. The molecule has 1 heterocycles. The van der Waals surface area contributed by atoms with Crippen LogP contribution in [0.3, 0.4) is 0 Å². The number of rotatable bonds is 6. The van der Waals surface area contributed by atoms with E-state index in [1.54, 1.807) is 0 Å². The molecule has 4 nitrogen and oxygen atoms in total. The summed E-state index contributed by atoms with van der Waals surface area (Å²) in [6, 6.07) is 0.250. The van der Waals surface area contributed by atoms with Crippen molar-refractivity contribution in [1.29, 1.82) is 0 Å². The highest BCUT2D eigenvalue weighted by Crippen LogP contribution is 2.23. The van der Waals surface area contributed by atoms with Gasteiger partial charge < -0.3 is 19.8 Å². The SMILES string of the molecule is CN1CCN(CCCN(C)C(CO)C(C)(C)C)CC1. The van der Waals surface area contributed by atoms with Crippen molar-refractivity contribution >= 4 is 0 Å². The van der Waals surface area contributed by atoms with Gasteiger partial charge in [0, 0.05) is 32.2 Å². The van der Waals surface area contributed by atoms with Gasteiger partial charge in [0.05, 0.1) is 6.61 Å². The standard InChI is InChI=1S/C15H33N3O/c1-15(2,3)14(13-19)17(5)7-6-8-18-11-9-16(4)10-12-18/h14,19H,6-13H2,1-5H3. The number of aliphatic hydroxyl groups excluding tert-OH is 1. The minimum atomic E-state index is 0.136. The molecular formula is C15H33N3O. The van der Waals surface area contributed by atoms with Crippen LogP contribution in [0, 0.1) is 5.41 Å². The Morgan fingerprint density at radius 3 is 2.21 bits per heavy atom. The summed E-state index contributed by atoms with van der Waals surface area (Å²) >= 11 is 0. The summed E-state index contributed by atoms with van der Waals surface area (Å²) in [5, 5.41) is 9.55. The van der Waals surface area contributed by atoms with E-state index in [1.165, 1.54) is 39.1 Å². The minimum Gasteiger partial charge on any atom is -0.395 e. The van der Waals surface area contributed by atoms with E-state index in [-0.39, 0.29) is 18.1 Å². The van der Waals surface area contributed by atoms with Crippen LogP contribution in [0.5, 0.6) is 0 Å². The van der Waals surface area contributed by atoms with Gasteiger partial charge in [-0.25, -0.2) is 0 Å². The smallest absolute Gasteiger partial charge is 0.0591 e. The van der Waals surface area contributed by atoms with Crippen LogP contribution in [0.4, 0.5) is 0 Å². The maximum Gasteiger partial charge on any atom is 0.0591 e. The van der Waals surface area contributed by atoms with Crippen LogP contribution in [0.2, 0.25) is 0 Å². The monoisotopic (exact) mass is 271 g/mol. The van der Waals surface area contributed by atoms with Crippen molar-refractivity contribution < 1.29 is 5.11 Å². The van der Waals surface area contributed by atoms with Crippen molar-refractivity contribution in [3.63, 3.8) is 0 Å². The van der Waals surface area contributed by atoms with Gasteiger partial charge >= 0.3 is 0 Å². The van der Waals surface area contributed by atoms with E-state index < -0.39 is 0 Å². The molecule has 1 rings (SSSR count). The predicted octanol–water partition coefficient (Wildman–Crippen LogP) is 0.963. The van der Waals surface area contributed by atoms with Crippen molar-refractivity contribution in [3.05, 3.63) is 0 Å². The van der Waals surface area contributed by atoms with Crippen LogP contribution >= 0.6 is 0 Å². The van der Waals surface area contributed by atoms with E-state index in [1.807, 2.05) is 0 Å². The van der Waals surface area contributed by atoms with Crippen molar-refractivity contribution in [2.45, 2.75) is 33.2 Å². The highest BCUT2D eigenvalue weighted by atomic mass is 16.3. The molecule has 1 aliphatic rings. The van der Waals surface area contributed by atoms with E-state index in [9.17, 15) is 5.11 Å². The maximum atomic E-state index is 9.55. The first-order valence-corrected chi connectivity index (χ1v) is 7.56. The van der Waals surface area contributed by atoms with Gasteiger partial charge in [-0.3, -0.25) is 0 Å². The molecule has 0 aromatic rings. The minimum absolute atomic E-state index is 0.136. The Morgan fingerprint density at radius 1 is 1.16 bits per heavy atom. The average molecular weight is 271 g/mol. The molecule has 1 saturated heterocycles. The van der Waals surface area contributed by atoms with Crippen LogP contribution in [0.15, 0.2) is 0 Å². The molecule has 0 spiro atoms. The third kappa shape index (κ3) is 5.78. The van der Waals surface area contributed by atoms with Crippen LogP contribution in [0.25, 0.3) is 0 Å². The van der Waals surface area contributed by atoms with Gasteiger partial charge in [-0.05, 0) is 39.0 Å². The summed E-state index contributed by atoms with van der Waals surface area (Å²) in [5.74, 6) is 0. The zero-order valence-electron chi connectivity index (χ0n) is 13.5. The van der Waals surface area contributed by atoms with Crippen molar-refractivity contribution in [3.8, 4) is 0 Å². The summed E-state index contributed by atoms with van der Waals surface area (Å²) in [7, 11) is 4.33. The highest BCUT2D eigenvalue weighted by molar-refractivity contribution is 4.81. The molecule has 1 N–H and O–H groups in total. The molecule has 1 fully saturated rings. The Morgan fingerprint density at radius 2 is 1.74 bits per heavy atom. The quantitative estimate of drug-likeness (QED) is 0.779. The summed E-state index contributed by atoms with van der Waals surface area (Å²) < 4.78 is 0. The molecule has 0 radical (unpaired) electrons. The number of nitrogens with zero attached hydrogens (tertiary/aromatic N) is 3. The zero-order chi connectivity index (χ0) is 14.5. The molecule has 1 unspecified atom stereocenters. The number of piperazine rings is 1. The molecule has 114 valence electrons. The predicted molar refractivity (Wildman–Crippen MR) is 81.5 cm³/mol. The van der Waals surface area contributed by atoms with Gasteiger partial charge in [0.15, 0.2) is 0 Å². The number of hydrogen-bond acceptors (Lipinski definition) is 4. The first kappa shape index (κ1) is 16.9. The third-order valence-electron chi connectivity index (χ3n) is 4.29. The van der Waals surface area contributed by atoms with Crippen LogP contribution < -0.4 is 0 Å². The maximum absolute atomic E-state index is 9.55. The average Bonchev–Trinajstić information content (AvgIpc) is 2.30. The van der Waals surface area contributed by atoms with Gasteiger partial charge in [0.25, 0.3) is 0 Å². The second-order valence-electron chi connectivity index (χ2n) is 7.04. The van der Waals surface area contributed by atoms with Gasteiger partial charge in [-0.1, -0.05) is 20.8 Å². The van der Waals surface area contributed by atoms with Gasteiger partial charge in [0.2, 0.25) is 0 Å². The van der Waals surface area contributed by atoms with Crippen molar-refractivity contribution in [1.82, 2.24) is 14.7 Å². The summed E-state index contributed by atoms with van der Waals surface area (Å²) in [6.45, 7) is 13.9. The molecule has 4 heteroatoms. The molecule has 1 atom stereocenters. The number of hydrogen-bond donors (Lipinski definition) is 1. The lowest BCUT2D eigenvalue weighted by Gasteiger charge is -2.37. The Bertz CT molecular complexity index is 244. The lowest BCUT2D eigenvalue weighted by Crippen LogP contribution is -2.47. The molecule has 1 aliphatic heterocycles. The van der Waals surface area contributed by atoms with E-state index in [4.69, 9.17) is 0 Å². The van der Waals surface area contributed by atoms with Crippen molar-refractivity contribution in [2.75, 3.05) is 60.0 Å². The number of aliphatic hydroxyl groups is 1. The van der Waals surface area contributed by atoms with Crippen LogP contribution in [0.1, 0.15) is 27.2 Å².